The summed E-state index contributed by atoms with van der Waals surface area (Å²) in [7, 11) is 0. The number of halogens is 1. The number of rotatable bonds is 2. The molecule has 0 atom stereocenters. The number of nitrogens with two attached hydrogens (primary N) is 1. The van der Waals surface area contributed by atoms with Crippen LogP contribution < -0.4 is 11.1 Å². The number of aromatic amines is 1. The molecule has 0 aliphatic rings. The number of nitrogens with one attached hydrogen (secondary N) is 2. The predicted octanol–water partition coefficient (Wildman–Crippen LogP) is 2.50. The van der Waals surface area contributed by atoms with Gasteiger partial charge in [0.1, 0.15) is 5.69 Å². The number of carbonyl (C=O) groups excluding carboxylic acids is 1. The first-order valence-corrected chi connectivity index (χ1v) is 5.04. The van der Waals surface area contributed by atoms with E-state index in [9.17, 15) is 4.79 Å². The van der Waals surface area contributed by atoms with E-state index in [1.54, 1.807) is 36.5 Å². The van der Waals surface area contributed by atoms with Gasteiger partial charge in [0.15, 0.2) is 0 Å². The molecule has 5 heteroatoms. The molecule has 1 amide bonds. The van der Waals surface area contributed by atoms with Gasteiger partial charge in [-0.15, -0.1) is 0 Å². The molecule has 1 aromatic heterocycles. The van der Waals surface area contributed by atoms with Crippen molar-refractivity contribution in [3.05, 3.63) is 47.2 Å². The van der Waals surface area contributed by atoms with E-state index in [-0.39, 0.29) is 5.91 Å². The van der Waals surface area contributed by atoms with Gasteiger partial charge in [-0.2, -0.15) is 0 Å². The highest BCUT2D eigenvalue weighted by Crippen LogP contribution is 2.21. The van der Waals surface area contributed by atoms with E-state index in [2.05, 4.69) is 10.3 Å². The third kappa shape index (κ3) is 2.17. The van der Waals surface area contributed by atoms with Crippen molar-refractivity contribution in [3.8, 4) is 0 Å². The van der Waals surface area contributed by atoms with Crippen LogP contribution in [0.1, 0.15) is 10.5 Å². The molecule has 16 heavy (non-hydrogen) atoms. The average molecular weight is 236 g/mol. The summed E-state index contributed by atoms with van der Waals surface area (Å²) in [4.78, 5) is 14.5. The van der Waals surface area contributed by atoms with Crippen LogP contribution in [0.25, 0.3) is 0 Å². The Morgan fingerprint density at radius 3 is 2.75 bits per heavy atom. The fourth-order valence-electron chi connectivity index (χ4n) is 1.29. The van der Waals surface area contributed by atoms with Crippen molar-refractivity contribution in [2.24, 2.45) is 0 Å². The summed E-state index contributed by atoms with van der Waals surface area (Å²) in [5, 5.41) is 3.18. The molecule has 1 aromatic carbocycles. The number of anilines is 2. The van der Waals surface area contributed by atoms with Crippen molar-refractivity contribution in [2.75, 3.05) is 11.1 Å². The quantitative estimate of drug-likeness (QED) is 0.749. The third-order valence-corrected chi connectivity index (χ3v) is 2.40. The van der Waals surface area contributed by atoms with Gasteiger partial charge in [-0.25, -0.2) is 0 Å². The van der Waals surface area contributed by atoms with Crippen LogP contribution >= 0.6 is 11.6 Å². The molecule has 0 radical (unpaired) electrons. The number of para-hydroxylation sites is 1. The summed E-state index contributed by atoms with van der Waals surface area (Å²) in [6.45, 7) is 0. The van der Waals surface area contributed by atoms with Crippen molar-refractivity contribution in [1.29, 1.82) is 0 Å². The van der Waals surface area contributed by atoms with Gasteiger partial charge in [0.05, 0.1) is 10.7 Å². The van der Waals surface area contributed by atoms with Gasteiger partial charge in [0.2, 0.25) is 0 Å². The van der Waals surface area contributed by atoms with E-state index < -0.39 is 0 Å². The summed E-state index contributed by atoms with van der Waals surface area (Å²) >= 11 is 5.91. The lowest BCUT2D eigenvalue weighted by Gasteiger charge is -2.05. The standard InChI is InChI=1S/C11H10ClN3O/c12-8-3-1-2-4-9(8)15-11(16)10-5-7(13)6-14-10/h1-6,14H,13H2,(H,15,16). The number of H-pyrrole nitrogens is 1. The fourth-order valence-corrected chi connectivity index (χ4v) is 1.48. The van der Waals surface area contributed by atoms with Crippen molar-refractivity contribution >= 4 is 28.9 Å². The van der Waals surface area contributed by atoms with Crippen LogP contribution in [0.5, 0.6) is 0 Å². The van der Waals surface area contributed by atoms with E-state index in [1.807, 2.05) is 0 Å². The Morgan fingerprint density at radius 2 is 2.12 bits per heavy atom. The Bertz CT molecular complexity index is 521. The van der Waals surface area contributed by atoms with Crippen LogP contribution in [-0.2, 0) is 0 Å². The zero-order valence-electron chi connectivity index (χ0n) is 8.33. The largest absolute Gasteiger partial charge is 0.397 e. The second-order valence-electron chi connectivity index (χ2n) is 3.28. The first-order valence-electron chi connectivity index (χ1n) is 4.66. The van der Waals surface area contributed by atoms with E-state index in [1.165, 1.54) is 0 Å². The summed E-state index contributed by atoms with van der Waals surface area (Å²) in [5.74, 6) is -0.273. The lowest BCUT2D eigenvalue weighted by molar-refractivity contribution is 0.102. The van der Waals surface area contributed by atoms with Crippen LogP contribution in [0.4, 0.5) is 11.4 Å². The third-order valence-electron chi connectivity index (χ3n) is 2.07. The van der Waals surface area contributed by atoms with Crippen molar-refractivity contribution in [2.45, 2.75) is 0 Å². The van der Waals surface area contributed by atoms with E-state index in [0.29, 0.717) is 22.1 Å². The van der Waals surface area contributed by atoms with Gasteiger partial charge < -0.3 is 16.0 Å². The molecule has 0 saturated heterocycles. The van der Waals surface area contributed by atoms with E-state index in [4.69, 9.17) is 17.3 Å². The number of carbonyl (C=O) groups is 1. The predicted molar refractivity (Wildman–Crippen MR) is 64.6 cm³/mol. The molecule has 2 rings (SSSR count). The molecular weight excluding hydrogens is 226 g/mol. The SMILES string of the molecule is Nc1c[nH]c(C(=O)Nc2ccccc2Cl)c1. The molecule has 2 aromatic rings. The second kappa shape index (κ2) is 4.28. The van der Waals surface area contributed by atoms with Gasteiger partial charge in [0, 0.05) is 11.9 Å². The average Bonchev–Trinajstić information content (AvgIpc) is 2.68. The maximum absolute atomic E-state index is 11.7. The minimum absolute atomic E-state index is 0.273. The topological polar surface area (TPSA) is 70.9 Å². The van der Waals surface area contributed by atoms with E-state index >= 15 is 0 Å². The Labute approximate surface area is 97.4 Å². The number of nitrogen functional groups attached to an aromatic ring is 1. The molecule has 1 heterocycles. The Kier molecular flexibility index (Phi) is 2.83. The molecule has 0 unspecified atom stereocenters. The van der Waals surface area contributed by atoms with Crippen LogP contribution in [0.3, 0.4) is 0 Å². The lowest BCUT2D eigenvalue weighted by Crippen LogP contribution is -2.12. The molecule has 4 nitrogen and oxygen atoms in total. The van der Waals surface area contributed by atoms with Crippen molar-refractivity contribution in [1.82, 2.24) is 4.98 Å². The van der Waals surface area contributed by atoms with E-state index in [0.717, 1.165) is 0 Å². The van der Waals surface area contributed by atoms with Crippen LogP contribution in [-0.4, -0.2) is 10.9 Å². The number of hydrogen-bond acceptors (Lipinski definition) is 2. The maximum atomic E-state index is 11.7. The highest BCUT2D eigenvalue weighted by molar-refractivity contribution is 6.33. The van der Waals surface area contributed by atoms with Gasteiger partial charge in [0.25, 0.3) is 5.91 Å². The zero-order valence-corrected chi connectivity index (χ0v) is 9.08. The number of benzene rings is 1. The summed E-state index contributed by atoms with van der Waals surface area (Å²) in [6, 6.07) is 8.59. The first kappa shape index (κ1) is 10.6. The molecule has 82 valence electrons. The first-order chi connectivity index (χ1) is 7.66. The van der Waals surface area contributed by atoms with Crippen molar-refractivity contribution < 1.29 is 4.79 Å². The second-order valence-corrected chi connectivity index (χ2v) is 3.69. The van der Waals surface area contributed by atoms with Gasteiger partial charge in [-0.3, -0.25) is 4.79 Å². The van der Waals surface area contributed by atoms with Crippen LogP contribution in [0.15, 0.2) is 36.5 Å². The Balaban J connectivity index is 2.17. The maximum Gasteiger partial charge on any atom is 0.272 e. The number of aromatic nitrogens is 1. The molecule has 0 spiro atoms. The van der Waals surface area contributed by atoms with Gasteiger partial charge >= 0.3 is 0 Å². The van der Waals surface area contributed by atoms with Crippen LogP contribution in [0.2, 0.25) is 5.02 Å². The molecule has 0 aliphatic heterocycles. The number of hydrogen-bond donors (Lipinski definition) is 3. The van der Waals surface area contributed by atoms with Crippen LogP contribution in [0, 0.1) is 0 Å². The Morgan fingerprint density at radius 1 is 1.38 bits per heavy atom. The smallest absolute Gasteiger partial charge is 0.272 e. The normalized spacial score (nSPS) is 10.1. The Hall–Kier alpha value is -1.94. The lowest BCUT2D eigenvalue weighted by atomic mass is 10.3. The molecule has 0 bridgehead atoms. The monoisotopic (exact) mass is 235 g/mol. The molecule has 0 fully saturated rings. The minimum atomic E-state index is -0.273. The van der Waals surface area contributed by atoms with Crippen molar-refractivity contribution in [3.63, 3.8) is 0 Å². The fraction of sp³-hybridized carbons (Fsp3) is 0. The minimum Gasteiger partial charge on any atom is -0.397 e. The summed E-state index contributed by atoms with van der Waals surface area (Å²) in [5.41, 5.74) is 6.99. The molecule has 0 aliphatic carbocycles. The summed E-state index contributed by atoms with van der Waals surface area (Å²) < 4.78 is 0. The molecule has 0 saturated carbocycles. The molecular formula is C11H10ClN3O. The van der Waals surface area contributed by atoms with Gasteiger partial charge in [-0.05, 0) is 18.2 Å². The highest BCUT2D eigenvalue weighted by atomic mass is 35.5. The highest BCUT2D eigenvalue weighted by Gasteiger charge is 2.09. The zero-order chi connectivity index (χ0) is 11.5. The summed E-state index contributed by atoms with van der Waals surface area (Å²) in [6.07, 6.45) is 1.56. The molecule has 4 N–H and O–H groups in total. The number of amides is 1. The van der Waals surface area contributed by atoms with Gasteiger partial charge in [-0.1, -0.05) is 23.7 Å².